The lowest BCUT2D eigenvalue weighted by atomic mass is 9.98. The number of carbonyl (C=O) groups is 1. The van der Waals surface area contributed by atoms with Crippen molar-refractivity contribution in [3.05, 3.63) is 83.4 Å². The molecule has 0 radical (unpaired) electrons. The Kier molecular flexibility index (Phi) is 5.00. The smallest absolute Gasteiger partial charge is 0.193 e. The average molecular weight is 343 g/mol. The monoisotopic (exact) mass is 343 g/mol. The Morgan fingerprint density at radius 1 is 0.808 bits per heavy atom. The van der Waals surface area contributed by atoms with Gasteiger partial charge >= 0.3 is 0 Å². The van der Waals surface area contributed by atoms with Crippen LogP contribution in [0.15, 0.2) is 66.7 Å². The molecule has 0 fully saturated rings. The maximum absolute atomic E-state index is 12.6. The van der Waals surface area contributed by atoms with E-state index in [1.165, 1.54) is 0 Å². The quantitative estimate of drug-likeness (QED) is 0.641. The number of ketones is 1. The van der Waals surface area contributed by atoms with E-state index in [9.17, 15) is 4.79 Å². The standard InChI is InChI=1S/C22H17NO3/c1-25-20-5-3-4-18(12-20)22(24)17-8-6-16(7-9-17)19-10-15(14-23)11-21(13-19)26-2/h3-13H,1-2H3. The van der Waals surface area contributed by atoms with Gasteiger partial charge in [0.05, 0.1) is 25.9 Å². The van der Waals surface area contributed by atoms with E-state index in [1.54, 1.807) is 62.8 Å². The third kappa shape index (κ3) is 3.57. The summed E-state index contributed by atoms with van der Waals surface area (Å²) in [6.45, 7) is 0. The van der Waals surface area contributed by atoms with Gasteiger partial charge in [-0.2, -0.15) is 5.26 Å². The number of carbonyl (C=O) groups excluding carboxylic acids is 1. The third-order valence-corrected chi connectivity index (χ3v) is 4.08. The molecule has 26 heavy (non-hydrogen) atoms. The van der Waals surface area contributed by atoms with Crippen LogP contribution in [0.1, 0.15) is 21.5 Å². The first-order chi connectivity index (χ1) is 12.6. The number of hydrogen-bond acceptors (Lipinski definition) is 4. The van der Waals surface area contributed by atoms with Gasteiger partial charge in [-0.25, -0.2) is 0 Å². The van der Waals surface area contributed by atoms with Crippen molar-refractivity contribution in [3.63, 3.8) is 0 Å². The van der Waals surface area contributed by atoms with Crippen LogP contribution in [0, 0.1) is 11.3 Å². The van der Waals surface area contributed by atoms with Gasteiger partial charge in [-0.05, 0) is 41.5 Å². The lowest BCUT2D eigenvalue weighted by Crippen LogP contribution is -2.01. The molecular weight excluding hydrogens is 326 g/mol. The van der Waals surface area contributed by atoms with E-state index in [0.29, 0.717) is 28.2 Å². The third-order valence-electron chi connectivity index (χ3n) is 4.08. The zero-order valence-electron chi connectivity index (χ0n) is 14.5. The number of ether oxygens (including phenoxy) is 2. The van der Waals surface area contributed by atoms with Gasteiger partial charge in [0.2, 0.25) is 0 Å². The summed E-state index contributed by atoms with van der Waals surface area (Å²) in [5.41, 5.74) is 3.45. The summed E-state index contributed by atoms with van der Waals surface area (Å²) in [6.07, 6.45) is 0. The zero-order chi connectivity index (χ0) is 18.5. The minimum atomic E-state index is -0.0705. The van der Waals surface area contributed by atoms with Gasteiger partial charge in [-0.3, -0.25) is 4.79 Å². The van der Waals surface area contributed by atoms with E-state index in [4.69, 9.17) is 14.7 Å². The van der Waals surface area contributed by atoms with Gasteiger partial charge in [0.1, 0.15) is 11.5 Å². The van der Waals surface area contributed by atoms with Crippen molar-refractivity contribution < 1.29 is 14.3 Å². The Morgan fingerprint density at radius 3 is 2.19 bits per heavy atom. The number of nitrogens with zero attached hydrogens (tertiary/aromatic N) is 1. The molecule has 0 unspecified atom stereocenters. The van der Waals surface area contributed by atoms with Crippen molar-refractivity contribution in [2.75, 3.05) is 14.2 Å². The van der Waals surface area contributed by atoms with E-state index >= 15 is 0 Å². The molecule has 3 aromatic rings. The van der Waals surface area contributed by atoms with Crippen molar-refractivity contribution >= 4 is 5.78 Å². The van der Waals surface area contributed by atoms with Crippen LogP contribution in [0.25, 0.3) is 11.1 Å². The van der Waals surface area contributed by atoms with Crippen molar-refractivity contribution in [3.8, 4) is 28.7 Å². The fourth-order valence-corrected chi connectivity index (χ4v) is 2.69. The van der Waals surface area contributed by atoms with E-state index < -0.39 is 0 Å². The summed E-state index contributed by atoms with van der Waals surface area (Å²) < 4.78 is 10.4. The zero-order valence-corrected chi connectivity index (χ0v) is 14.5. The first-order valence-electron chi connectivity index (χ1n) is 8.03. The average Bonchev–Trinajstić information content (AvgIpc) is 2.72. The largest absolute Gasteiger partial charge is 0.497 e. The van der Waals surface area contributed by atoms with Gasteiger partial charge in [0.25, 0.3) is 0 Å². The maximum Gasteiger partial charge on any atom is 0.193 e. The highest BCUT2D eigenvalue weighted by molar-refractivity contribution is 6.09. The van der Waals surface area contributed by atoms with Crippen molar-refractivity contribution in [1.29, 1.82) is 5.26 Å². The molecule has 3 rings (SSSR count). The predicted octanol–water partition coefficient (Wildman–Crippen LogP) is 4.47. The van der Waals surface area contributed by atoms with Gasteiger partial charge in [0, 0.05) is 11.1 Å². The molecule has 0 aliphatic rings. The molecule has 0 bridgehead atoms. The van der Waals surface area contributed by atoms with Gasteiger partial charge < -0.3 is 9.47 Å². The predicted molar refractivity (Wildman–Crippen MR) is 99.6 cm³/mol. The Labute approximate surface area is 152 Å². The van der Waals surface area contributed by atoms with Crippen LogP contribution in [-0.4, -0.2) is 20.0 Å². The van der Waals surface area contributed by atoms with Crippen LogP contribution < -0.4 is 9.47 Å². The molecule has 0 N–H and O–H groups in total. The van der Waals surface area contributed by atoms with Crippen LogP contribution in [0.3, 0.4) is 0 Å². The molecule has 0 heterocycles. The van der Waals surface area contributed by atoms with Crippen LogP contribution in [0.2, 0.25) is 0 Å². The summed E-state index contributed by atoms with van der Waals surface area (Å²) in [5.74, 6) is 1.20. The van der Waals surface area contributed by atoms with Crippen LogP contribution in [0.5, 0.6) is 11.5 Å². The molecule has 0 amide bonds. The maximum atomic E-state index is 12.6. The fourth-order valence-electron chi connectivity index (χ4n) is 2.69. The Balaban J connectivity index is 1.91. The van der Waals surface area contributed by atoms with Crippen LogP contribution >= 0.6 is 0 Å². The second kappa shape index (κ2) is 7.54. The molecule has 0 spiro atoms. The topological polar surface area (TPSA) is 59.3 Å². The Bertz CT molecular complexity index is 985. The number of methoxy groups -OCH3 is 2. The molecule has 0 aromatic heterocycles. The SMILES string of the molecule is COc1cccc(C(=O)c2ccc(-c3cc(C#N)cc(OC)c3)cc2)c1. The lowest BCUT2D eigenvalue weighted by Gasteiger charge is -2.08. The first kappa shape index (κ1) is 17.2. The molecule has 4 nitrogen and oxygen atoms in total. The Hall–Kier alpha value is -3.58. The van der Waals surface area contributed by atoms with Crippen LogP contribution in [0.4, 0.5) is 0 Å². The molecule has 3 aromatic carbocycles. The highest BCUT2D eigenvalue weighted by atomic mass is 16.5. The molecule has 0 saturated carbocycles. The number of hydrogen-bond donors (Lipinski definition) is 0. The summed E-state index contributed by atoms with van der Waals surface area (Å²) >= 11 is 0. The second-order valence-electron chi connectivity index (χ2n) is 5.70. The molecule has 0 aliphatic heterocycles. The minimum Gasteiger partial charge on any atom is -0.497 e. The van der Waals surface area contributed by atoms with Crippen molar-refractivity contribution in [1.82, 2.24) is 0 Å². The number of benzene rings is 3. The van der Waals surface area contributed by atoms with E-state index in [0.717, 1.165) is 11.1 Å². The molecule has 0 saturated heterocycles. The highest BCUT2D eigenvalue weighted by Gasteiger charge is 2.11. The highest BCUT2D eigenvalue weighted by Crippen LogP contribution is 2.27. The first-order valence-corrected chi connectivity index (χ1v) is 8.03. The summed E-state index contributed by atoms with van der Waals surface area (Å²) in [6, 6.07) is 21.8. The normalized spacial score (nSPS) is 10.0. The molecule has 0 aliphatic carbocycles. The Morgan fingerprint density at radius 2 is 1.54 bits per heavy atom. The van der Waals surface area contributed by atoms with E-state index in [1.807, 2.05) is 18.2 Å². The minimum absolute atomic E-state index is 0.0705. The molecule has 128 valence electrons. The lowest BCUT2D eigenvalue weighted by molar-refractivity contribution is 0.103. The van der Waals surface area contributed by atoms with Gasteiger partial charge in [-0.1, -0.05) is 36.4 Å². The molecule has 4 heteroatoms. The van der Waals surface area contributed by atoms with Crippen molar-refractivity contribution in [2.24, 2.45) is 0 Å². The fraction of sp³-hybridized carbons (Fsp3) is 0.0909. The summed E-state index contributed by atoms with van der Waals surface area (Å²) in [5, 5.41) is 9.15. The summed E-state index contributed by atoms with van der Waals surface area (Å²) in [7, 11) is 3.14. The van der Waals surface area contributed by atoms with E-state index in [2.05, 4.69) is 6.07 Å². The van der Waals surface area contributed by atoms with Crippen LogP contribution in [-0.2, 0) is 0 Å². The van der Waals surface area contributed by atoms with Gasteiger partial charge in [-0.15, -0.1) is 0 Å². The number of nitriles is 1. The number of rotatable bonds is 5. The van der Waals surface area contributed by atoms with Crippen molar-refractivity contribution in [2.45, 2.75) is 0 Å². The van der Waals surface area contributed by atoms with Gasteiger partial charge in [0.15, 0.2) is 5.78 Å². The molecule has 0 atom stereocenters. The van der Waals surface area contributed by atoms with E-state index in [-0.39, 0.29) is 5.78 Å². The second-order valence-corrected chi connectivity index (χ2v) is 5.70. The molecular formula is C22H17NO3. The summed E-state index contributed by atoms with van der Waals surface area (Å²) in [4.78, 5) is 12.6.